The summed E-state index contributed by atoms with van der Waals surface area (Å²) in [5.41, 5.74) is 12.9. The van der Waals surface area contributed by atoms with Gasteiger partial charge in [0.2, 0.25) is 0 Å². The molecule has 2 rings (SSSR count). The number of aryl methyl sites for hydroxylation is 3. The number of nitrogens with two attached hydrogens (primary N) is 1. The lowest BCUT2D eigenvalue weighted by Gasteiger charge is -2.20. The summed E-state index contributed by atoms with van der Waals surface area (Å²) in [5.74, 6) is 0. The van der Waals surface area contributed by atoms with Gasteiger partial charge in [-0.1, -0.05) is 35.9 Å². The standard InChI is InChI=1S/C17H21NS/c1-11-9-12(2)16(13(3)10-11)17(18)14-7-5-6-8-15(14)19-4/h5-10,17H,18H2,1-4H3. The second-order valence-electron chi connectivity index (χ2n) is 5.03. The van der Waals surface area contributed by atoms with Gasteiger partial charge >= 0.3 is 0 Å². The van der Waals surface area contributed by atoms with Crippen LogP contribution in [-0.2, 0) is 0 Å². The molecule has 0 aliphatic carbocycles. The molecule has 0 bridgehead atoms. The van der Waals surface area contributed by atoms with Crippen LogP contribution >= 0.6 is 11.8 Å². The van der Waals surface area contributed by atoms with Crippen molar-refractivity contribution in [2.24, 2.45) is 5.73 Å². The zero-order chi connectivity index (χ0) is 14.0. The third-order valence-corrected chi connectivity index (χ3v) is 4.33. The third-order valence-electron chi connectivity index (χ3n) is 3.52. The Morgan fingerprint density at radius 1 is 1.00 bits per heavy atom. The maximum Gasteiger partial charge on any atom is 0.0567 e. The summed E-state index contributed by atoms with van der Waals surface area (Å²) >= 11 is 1.75. The number of benzene rings is 2. The molecule has 0 aliphatic heterocycles. The first-order chi connectivity index (χ1) is 9.04. The maximum absolute atomic E-state index is 6.53. The average molecular weight is 271 g/mol. The van der Waals surface area contributed by atoms with Crippen LogP contribution in [0.15, 0.2) is 41.3 Å². The highest BCUT2D eigenvalue weighted by Crippen LogP contribution is 2.32. The fourth-order valence-electron chi connectivity index (χ4n) is 2.76. The van der Waals surface area contributed by atoms with E-state index in [1.165, 1.54) is 32.7 Å². The molecule has 2 aromatic rings. The van der Waals surface area contributed by atoms with Crippen LogP contribution in [0.2, 0.25) is 0 Å². The average Bonchev–Trinajstić information content (AvgIpc) is 2.37. The Kier molecular flexibility index (Phi) is 4.33. The number of hydrogen-bond donors (Lipinski definition) is 1. The Balaban J connectivity index is 2.53. The molecule has 0 fully saturated rings. The van der Waals surface area contributed by atoms with Crippen LogP contribution in [-0.4, -0.2) is 6.26 Å². The molecule has 0 spiro atoms. The topological polar surface area (TPSA) is 26.0 Å². The smallest absolute Gasteiger partial charge is 0.0567 e. The Bertz CT molecular complexity index is 567. The summed E-state index contributed by atoms with van der Waals surface area (Å²) in [4.78, 5) is 1.26. The van der Waals surface area contributed by atoms with E-state index in [1.54, 1.807) is 11.8 Å². The highest BCUT2D eigenvalue weighted by Gasteiger charge is 2.16. The molecule has 0 aromatic heterocycles. The maximum atomic E-state index is 6.53. The van der Waals surface area contributed by atoms with Crippen LogP contribution in [0.5, 0.6) is 0 Å². The highest BCUT2D eigenvalue weighted by molar-refractivity contribution is 7.98. The van der Waals surface area contributed by atoms with Crippen LogP contribution in [0.4, 0.5) is 0 Å². The van der Waals surface area contributed by atoms with Crippen molar-refractivity contribution in [3.63, 3.8) is 0 Å². The second-order valence-corrected chi connectivity index (χ2v) is 5.88. The van der Waals surface area contributed by atoms with Gasteiger partial charge in [-0.3, -0.25) is 0 Å². The summed E-state index contributed by atoms with van der Waals surface area (Å²) in [6.45, 7) is 6.43. The molecule has 0 aliphatic rings. The summed E-state index contributed by atoms with van der Waals surface area (Å²) in [6.07, 6.45) is 2.10. The first kappa shape index (κ1) is 14.2. The largest absolute Gasteiger partial charge is 0.320 e. The first-order valence-corrected chi connectivity index (χ1v) is 7.73. The molecule has 0 saturated carbocycles. The lowest BCUT2D eigenvalue weighted by atomic mass is 9.90. The molecule has 19 heavy (non-hydrogen) atoms. The number of rotatable bonds is 3. The zero-order valence-corrected chi connectivity index (χ0v) is 12.8. The molecule has 2 heteroatoms. The van der Waals surface area contributed by atoms with Gasteiger partial charge in [-0.15, -0.1) is 11.8 Å². The van der Waals surface area contributed by atoms with Gasteiger partial charge in [0.1, 0.15) is 0 Å². The predicted octanol–water partition coefficient (Wildman–Crippen LogP) is 4.38. The van der Waals surface area contributed by atoms with E-state index in [-0.39, 0.29) is 6.04 Å². The Hall–Kier alpha value is -1.25. The van der Waals surface area contributed by atoms with Crippen molar-refractivity contribution < 1.29 is 0 Å². The van der Waals surface area contributed by atoms with Crippen LogP contribution in [0, 0.1) is 20.8 Å². The first-order valence-electron chi connectivity index (χ1n) is 6.51. The van der Waals surface area contributed by atoms with Crippen molar-refractivity contribution in [2.75, 3.05) is 6.26 Å². The summed E-state index contributed by atoms with van der Waals surface area (Å²) in [5, 5.41) is 0. The fourth-order valence-corrected chi connectivity index (χ4v) is 3.41. The van der Waals surface area contributed by atoms with E-state index in [1.807, 2.05) is 0 Å². The molecule has 1 unspecified atom stereocenters. The molecule has 1 nitrogen and oxygen atoms in total. The molecular weight excluding hydrogens is 250 g/mol. The lowest BCUT2D eigenvalue weighted by molar-refractivity contribution is 0.829. The third kappa shape index (κ3) is 2.85. The summed E-state index contributed by atoms with van der Waals surface area (Å²) in [6, 6.07) is 12.8. The fraction of sp³-hybridized carbons (Fsp3) is 0.294. The van der Waals surface area contributed by atoms with Crippen molar-refractivity contribution in [3.05, 3.63) is 64.2 Å². The zero-order valence-electron chi connectivity index (χ0n) is 12.0. The summed E-state index contributed by atoms with van der Waals surface area (Å²) in [7, 11) is 0. The lowest BCUT2D eigenvalue weighted by Crippen LogP contribution is -2.16. The minimum Gasteiger partial charge on any atom is -0.320 e. The molecule has 100 valence electrons. The van der Waals surface area contributed by atoms with Gasteiger partial charge in [0.05, 0.1) is 6.04 Å². The van der Waals surface area contributed by atoms with E-state index in [0.717, 1.165) is 0 Å². The molecule has 1 atom stereocenters. The van der Waals surface area contributed by atoms with Gasteiger partial charge in [-0.25, -0.2) is 0 Å². The van der Waals surface area contributed by atoms with Crippen LogP contribution < -0.4 is 5.73 Å². The second kappa shape index (κ2) is 5.81. The Morgan fingerprint density at radius 2 is 1.58 bits per heavy atom. The van der Waals surface area contributed by atoms with Crippen molar-refractivity contribution in [2.45, 2.75) is 31.7 Å². The van der Waals surface area contributed by atoms with E-state index >= 15 is 0 Å². The quantitative estimate of drug-likeness (QED) is 0.838. The Morgan fingerprint density at radius 3 is 2.16 bits per heavy atom. The number of hydrogen-bond acceptors (Lipinski definition) is 2. The SMILES string of the molecule is CSc1ccccc1C(N)c1c(C)cc(C)cc1C. The summed E-state index contributed by atoms with van der Waals surface area (Å²) < 4.78 is 0. The normalized spacial score (nSPS) is 12.5. The minimum atomic E-state index is -0.0516. The van der Waals surface area contributed by atoms with E-state index in [2.05, 4.69) is 63.4 Å². The van der Waals surface area contributed by atoms with Gasteiger partial charge in [-0.2, -0.15) is 0 Å². The van der Waals surface area contributed by atoms with Crippen molar-refractivity contribution >= 4 is 11.8 Å². The molecule has 0 heterocycles. The molecule has 2 N–H and O–H groups in total. The molecule has 0 saturated heterocycles. The van der Waals surface area contributed by atoms with Crippen molar-refractivity contribution in [1.82, 2.24) is 0 Å². The monoisotopic (exact) mass is 271 g/mol. The van der Waals surface area contributed by atoms with Gasteiger partial charge < -0.3 is 5.73 Å². The van der Waals surface area contributed by atoms with Gasteiger partial charge in [0.15, 0.2) is 0 Å². The Labute approximate surface area is 120 Å². The minimum absolute atomic E-state index is 0.0516. The van der Waals surface area contributed by atoms with E-state index in [9.17, 15) is 0 Å². The van der Waals surface area contributed by atoms with Gasteiger partial charge in [-0.05, 0) is 55.3 Å². The highest BCUT2D eigenvalue weighted by atomic mass is 32.2. The molecule has 0 radical (unpaired) electrons. The van der Waals surface area contributed by atoms with E-state index in [0.29, 0.717) is 0 Å². The molecular formula is C17H21NS. The van der Waals surface area contributed by atoms with Gasteiger partial charge in [0.25, 0.3) is 0 Å². The van der Waals surface area contributed by atoms with Crippen molar-refractivity contribution in [1.29, 1.82) is 0 Å². The van der Waals surface area contributed by atoms with Crippen LogP contribution in [0.3, 0.4) is 0 Å². The van der Waals surface area contributed by atoms with E-state index in [4.69, 9.17) is 5.73 Å². The van der Waals surface area contributed by atoms with Crippen LogP contribution in [0.1, 0.15) is 33.9 Å². The van der Waals surface area contributed by atoms with E-state index < -0.39 is 0 Å². The number of thioether (sulfide) groups is 1. The molecule has 2 aromatic carbocycles. The van der Waals surface area contributed by atoms with Crippen LogP contribution in [0.25, 0.3) is 0 Å². The van der Waals surface area contributed by atoms with Crippen molar-refractivity contribution in [3.8, 4) is 0 Å². The van der Waals surface area contributed by atoms with Gasteiger partial charge in [0, 0.05) is 4.90 Å². The predicted molar refractivity (Wildman–Crippen MR) is 84.9 cm³/mol. The molecule has 0 amide bonds.